The summed E-state index contributed by atoms with van der Waals surface area (Å²) in [5.74, 6) is -3.61. The highest BCUT2D eigenvalue weighted by atomic mass is 16.5. The molecule has 0 aromatic heterocycles. The number of esters is 1. The number of aliphatic carboxylic acids is 2. The number of aliphatic hydroxyl groups is 2. The third-order valence-corrected chi connectivity index (χ3v) is 4.61. The molecule has 9 nitrogen and oxygen atoms in total. The third kappa shape index (κ3) is 7.28. The molecule has 0 aromatic rings. The highest BCUT2D eigenvalue weighted by Crippen LogP contribution is 2.41. The average molecular weight is 410 g/mol. The number of allylic oxidation sites excluding steroid dienone is 3. The van der Waals surface area contributed by atoms with Gasteiger partial charge in [-0.05, 0) is 37.6 Å². The maximum absolute atomic E-state index is 12.1. The third-order valence-electron chi connectivity index (χ3n) is 4.61. The predicted octanol–water partition coefficient (Wildman–Crippen LogP) is 0.999. The first-order valence-electron chi connectivity index (χ1n) is 8.83. The van der Waals surface area contributed by atoms with E-state index in [1.807, 2.05) is 0 Å². The number of ketones is 1. The van der Waals surface area contributed by atoms with Crippen molar-refractivity contribution in [1.29, 1.82) is 0 Å². The molecule has 0 bridgehead atoms. The summed E-state index contributed by atoms with van der Waals surface area (Å²) < 4.78 is 5.14. The smallest absolute Gasteiger partial charge is 0.328 e. The standard InChI is InChI=1S/C20H26O9/c1-13(8-15(22)23)4-6-20(28)7-5-14(21)9-18(20,2)12-29-17(26)11-19(3,27)10-16(24)25/h4-8,27-28H,9-12H2,1-3H3,(H,22,23)(H,24,25)/b6-4+,13-8-/t18-,19+,20-/m1/s1. The van der Waals surface area contributed by atoms with Gasteiger partial charge in [0.2, 0.25) is 0 Å². The first-order chi connectivity index (χ1) is 13.2. The van der Waals surface area contributed by atoms with E-state index < -0.39 is 47.4 Å². The summed E-state index contributed by atoms with van der Waals surface area (Å²) >= 11 is 0. The molecule has 0 spiro atoms. The van der Waals surface area contributed by atoms with E-state index in [0.717, 1.165) is 6.08 Å². The van der Waals surface area contributed by atoms with E-state index in [9.17, 15) is 29.4 Å². The maximum Gasteiger partial charge on any atom is 0.328 e. The molecule has 0 saturated carbocycles. The number of hydrogen-bond donors (Lipinski definition) is 4. The van der Waals surface area contributed by atoms with Crippen LogP contribution in [0.4, 0.5) is 0 Å². The summed E-state index contributed by atoms with van der Waals surface area (Å²) in [6, 6.07) is 0. The number of carboxylic acids is 2. The van der Waals surface area contributed by atoms with Crippen molar-refractivity contribution in [3.05, 3.63) is 36.0 Å². The van der Waals surface area contributed by atoms with Crippen LogP contribution in [0.1, 0.15) is 40.0 Å². The number of carbonyl (C=O) groups is 4. The molecule has 0 aromatic carbocycles. The second-order valence-electron chi connectivity index (χ2n) is 7.83. The van der Waals surface area contributed by atoms with Crippen LogP contribution in [0.15, 0.2) is 36.0 Å². The molecular weight excluding hydrogens is 384 g/mol. The minimum Gasteiger partial charge on any atom is -0.481 e. The van der Waals surface area contributed by atoms with Crippen LogP contribution >= 0.6 is 0 Å². The molecule has 0 saturated heterocycles. The van der Waals surface area contributed by atoms with Gasteiger partial charge in [0.1, 0.15) is 12.2 Å². The van der Waals surface area contributed by atoms with Crippen LogP contribution in [0.2, 0.25) is 0 Å². The van der Waals surface area contributed by atoms with Crippen LogP contribution in [-0.2, 0) is 23.9 Å². The quantitative estimate of drug-likeness (QED) is 0.247. The molecule has 4 N–H and O–H groups in total. The van der Waals surface area contributed by atoms with E-state index in [0.29, 0.717) is 5.57 Å². The molecule has 29 heavy (non-hydrogen) atoms. The Balaban J connectivity index is 2.97. The van der Waals surface area contributed by atoms with Gasteiger partial charge in [0, 0.05) is 17.9 Å². The molecular formula is C20H26O9. The van der Waals surface area contributed by atoms with Crippen LogP contribution in [-0.4, -0.2) is 61.9 Å². The summed E-state index contributed by atoms with van der Waals surface area (Å²) in [6.07, 6.45) is 4.71. The van der Waals surface area contributed by atoms with E-state index in [2.05, 4.69) is 0 Å². The van der Waals surface area contributed by atoms with Crippen molar-refractivity contribution in [2.75, 3.05) is 6.61 Å². The van der Waals surface area contributed by atoms with Crippen molar-refractivity contribution in [3.63, 3.8) is 0 Å². The van der Waals surface area contributed by atoms with Gasteiger partial charge in [0.15, 0.2) is 5.78 Å². The zero-order valence-electron chi connectivity index (χ0n) is 16.5. The highest BCUT2D eigenvalue weighted by molar-refractivity contribution is 5.92. The zero-order valence-corrected chi connectivity index (χ0v) is 16.5. The van der Waals surface area contributed by atoms with Gasteiger partial charge < -0.3 is 25.2 Å². The number of carboxylic acid groups (broad SMARTS) is 2. The van der Waals surface area contributed by atoms with Crippen LogP contribution in [0.5, 0.6) is 0 Å². The Bertz CT molecular complexity index is 775. The van der Waals surface area contributed by atoms with Gasteiger partial charge in [0.25, 0.3) is 0 Å². The topological polar surface area (TPSA) is 158 Å². The highest BCUT2D eigenvalue weighted by Gasteiger charge is 2.48. The largest absolute Gasteiger partial charge is 0.481 e. The number of hydrogen-bond acceptors (Lipinski definition) is 7. The second kappa shape index (κ2) is 9.15. The summed E-state index contributed by atoms with van der Waals surface area (Å²) in [7, 11) is 0. The summed E-state index contributed by atoms with van der Waals surface area (Å²) in [5.41, 5.74) is -4.42. The minimum absolute atomic E-state index is 0.148. The number of rotatable bonds is 9. The van der Waals surface area contributed by atoms with Crippen molar-refractivity contribution in [1.82, 2.24) is 0 Å². The fraction of sp³-hybridized carbons (Fsp3) is 0.500. The summed E-state index contributed by atoms with van der Waals surface area (Å²) in [6.45, 7) is 3.85. The molecule has 3 atom stereocenters. The molecule has 1 rings (SSSR count). The average Bonchev–Trinajstić information content (AvgIpc) is 2.53. The zero-order chi connectivity index (χ0) is 22.5. The lowest BCUT2D eigenvalue weighted by Gasteiger charge is -2.42. The fourth-order valence-electron chi connectivity index (χ4n) is 2.92. The van der Waals surface area contributed by atoms with E-state index in [1.54, 1.807) is 0 Å². The first kappa shape index (κ1) is 24.3. The second-order valence-corrected chi connectivity index (χ2v) is 7.83. The van der Waals surface area contributed by atoms with Gasteiger partial charge in [0.05, 0.1) is 18.4 Å². The summed E-state index contributed by atoms with van der Waals surface area (Å²) in [5, 5.41) is 38.5. The van der Waals surface area contributed by atoms with Gasteiger partial charge in [-0.1, -0.05) is 13.0 Å². The Kier molecular flexibility index (Phi) is 7.65. The Morgan fingerprint density at radius 1 is 1.28 bits per heavy atom. The lowest BCUT2D eigenvalue weighted by molar-refractivity contribution is -0.159. The van der Waals surface area contributed by atoms with Crippen molar-refractivity contribution in [2.24, 2.45) is 5.41 Å². The van der Waals surface area contributed by atoms with Crippen molar-refractivity contribution >= 4 is 23.7 Å². The molecule has 1 aliphatic carbocycles. The van der Waals surface area contributed by atoms with Crippen molar-refractivity contribution in [2.45, 2.75) is 51.2 Å². The number of ether oxygens (including phenoxy) is 1. The molecule has 0 radical (unpaired) electrons. The lowest BCUT2D eigenvalue weighted by atomic mass is 9.67. The SMILES string of the molecule is CC(=C/C(=O)O)/C=C/[C@@]1(O)C=CC(=O)C[C@]1(C)COC(=O)C[C@@](C)(O)CC(=O)O. The van der Waals surface area contributed by atoms with Gasteiger partial charge in [-0.3, -0.25) is 14.4 Å². The molecule has 0 fully saturated rings. The first-order valence-corrected chi connectivity index (χ1v) is 8.83. The number of carbonyl (C=O) groups excluding carboxylic acids is 2. The maximum atomic E-state index is 12.1. The van der Waals surface area contributed by atoms with E-state index in [1.165, 1.54) is 45.1 Å². The van der Waals surface area contributed by atoms with E-state index >= 15 is 0 Å². The monoisotopic (exact) mass is 410 g/mol. The van der Waals surface area contributed by atoms with Crippen molar-refractivity contribution in [3.8, 4) is 0 Å². The lowest BCUT2D eigenvalue weighted by Crippen LogP contribution is -2.50. The Morgan fingerprint density at radius 3 is 2.45 bits per heavy atom. The van der Waals surface area contributed by atoms with E-state index in [4.69, 9.17) is 14.9 Å². The Labute approximate surface area is 168 Å². The molecule has 0 unspecified atom stereocenters. The summed E-state index contributed by atoms with van der Waals surface area (Å²) in [4.78, 5) is 45.4. The van der Waals surface area contributed by atoms with Gasteiger partial charge in [-0.2, -0.15) is 0 Å². The molecule has 160 valence electrons. The normalized spacial score (nSPS) is 26.9. The molecule has 1 aliphatic rings. The minimum atomic E-state index is -1.80. The molecule has 9 heteroatoms. The van der Waals surface area contributed by atoms with Gasteiger partial charge >= 0.3 is 17.9 Å². The van der Waals surface area contributed by atoms with Crippen molar-refractivity contribution < 1.29 is 44.3 Å². The molecule has 0 aliphatic heterocycles. The van der Waals surface area contributed by atoms with E-state index in [-0.39, 0.29) is 18.8 Å². The van der Waals surface area contributed by atoms with Crippen LogP contribution in [0.25, 0.3) is 0 Å². The van der Waals surface area contributed by atoms with Gasteiger partial charge in [-0.15, -0.1) is 0 Å². The van der Waals surface area contributed by atoms with Crippen LogP contribution in [0, 0.1) is 5.41 Å². The molecule has 0 amide bonds. The van der Waals surface area contributed by atoms with Gasteiger partial charge in [-0.25, -0.2) is 4.79 Å². The molecule has 0 heterocycles. The van der Waals surface area contributed by atoms with Crippen LogP contribution in [0.3, 0.4) is 0 Å². The van der Waals surface area contributed by atoms with Crippen LogP contribution < -0.4 is 0 Å². The Hall–Kier alpha value is -2.78. The predicted molar refractivity (Wildman–Crippen MR) is 101 cm³/mol. The fourth-order valence-corrected chi connectivity index (χ4v) is 2.92. The Morgan fingerprint density at radius 2 is 1.90 bits per heavy atom.